The molecule has 1 amide bonds. The van der Waals surface area contributed by atoms with E-state index in [2.05, 4.69) is 5.32 Å². The quantitative estimate of drug-likeness (QED) is 0.256. The summed E-state index contributed by atoms with van der Waals surface area (Å²) in [6.07, 6.45) is 1.39. The number of ether oxygens (including phenoxy) is 2. The van der Waals surface area contributed by atoms with Crippen LogP contribution >= 0.6 is 0 Å². The number of carbonyl (C=O) groups is 3. The second-order valence-electron chi connectivity index (χ2n) is 7.07. The van der Waals surface area contributed by atoms with E-state index in [0.717, 1.165) is 5.56 Å². The highest BCUT2D eigenvalue weighted by Crippen LogP contribution is 2.22. The SMILES string of the molecule is CN[C@@H](CCOc1ccc([N+](=O)[O-])cc1)c1ccc(OC(=O)N(C)C)cc1.O=C(O)/C=C/C(=O)O. The highest BCUT2D eigenvalue weighted by molar-refractivity contribution is 5.89. The van der Waals surface area contributed by atoms with Crippen molar-refractivity contribution < 1.29 is 39.0 Å². The lowest BCUT2D eigenvalue weighted by Crippen LogP contribution is -2.25. The highest BCUT2D eigenvalue weighted by Gasteiger charge is 2.12. The Morgan fingerprint density at radius 3 is 1.94 bits per heavy atom. The van der Waals surface area contributed by atoms with Crippen LogP contribution in [-0.4, -0.2) is 65.8 Å². The number of nitrogens with zero attached hydrogens (tertiary/aromatic N) is 2. The first-order chi connectivity index (χ1) is 16.5. The first kappa shape index (κ1) is 28.6. The minimum absolute atomic E-state index is 0.0329. The van der Waals surface area contributed by atoms with Gasteiger partial charge in [0.15, 0.2) is 0 Å². The molecule has 0 saturated heterocycles. The number of hydrogen-bond donors (Lipinski definition) is 3. The van der Waals surface area contributed by atoms with Crippen molar-refractivity contribution in [1.29, 1.82) is 0 Å². The van der Waals surface area contributed by atoms with Gasteiger partial charge in [0.05, 0.1) is 11.5 Å². The fourth-order valence-electron chi connectivity index (χ4n) is 2.54. The Balaban J connectivity index is 0.000000658. The summed E-state index contributed by atoms with van der Waals surface area (Å²) in [7, 11) is 5.11. The molecule has 0 spiro atoms. The van der Waals surface area contributed by atoms with Gasteiger partial charge in [-0.1, -0.05) is 12.1 Å². The molecular weight excluding hydrogens is 462 g/mol. The second kappa shape index (κ2) is 14.6. The Labute approximate surface area is 201 Å². The van der Waals surface area contributed by atoms with Crippen molar-refractivity contribution in [3.63, 3.8) is 0 Å². The summed E-state index contributed by atoms with van der Waals surface area (Å²) >= 11 is 0. The third-order valence-electron chi connectivity index (χ3n) is 4.29. The first-order valence-corrected chi connectivity index (χ1v) is 10.2. The van der Waals surface area contributed by atoms with Crippen molar-refractivity contribution in [2.24, 2.45) is 0 Å². The summed E-state index contributed by atoms with van der Waals surface area (Å²) < 4.78 is 10.9. The van der Waals surface area contributed by atoms with Gasteiger partial charge in [-0.15, -0.1) is 0 Å². The van der Waals surface area contributed by atoms with E-state index in [1.165, 1.54) is 17.0 Å². The Hall–Kier alpha value is -4.45. The molecule has 0 radical (unpaired) electrons. The fourth-order valence-corrected chi connectivity index (χ4v) is 2.54. The summed E-state index contributed by atoms with van der Waals surface area (Å²) in [6.45, 7) is 0.445. The van der Waals surface area contributed by atoms with Crippen LogP contribution in [0, 0.1) is 10.1 Å². The average Bonchev–Trinajstić information content (AvgIpc) is 2.82. The van der Waals surface area contributed by atoms with Crippen molar-refractivity contribution in [2.75, 3.05) is 27.7 Å². The van der Waals surface area contributed by atoms with E-state index >= 15 is 0 Å². The lowest BCUT2D eigenvalue weighted by atomic mass is 10.0. The van der Waals surface area contributed by atoms with E-state index < -0.39 is 23.0 Å². The lowest BCUT2D eigenvalue weighted by Gasteiger charge is -2.18. The number of carboxylic acid groups (broad SMARTS) is 2. The van der Waals surface area contributed by atoms with E-state index in [4.69, 9.17) is 19.7 Å². The Morgan fingerprint density at radius 2 is 1.51 bits per heavy atom. The molecular formula is C23H27N3O9. The smallest absolute Gasteiger partial charge is 0.414 e. The van der Waals surface area contributed by atoms with Crippen LogP contribution in [0.2, 0.25) is 0 Å². The predicted molar refractivity (Wildman–Crippen MR) is 126 cm³/mol. The van der Waals surface area contributed by atoms with Gasteiger partial charge in [0.25, 0.3) is 5.69 Å². The zero-order chi connectivity index (χ0) is 26.4. The van der Waals surface area contributed by atoms with Gasteiger partial charge in [-0.2, -0.15) is 0 Å². The highest BCUT2D eigenvalue weighted by atomic mass is 16.6. The number of aliphatic carboxylic acids is 2. The predicted octanol–water partition coefficient (Wildman–Crippen LogP) is 3.10. The molecule has 0 aliphatic heterocycles. The zero-order valence-electron chi connectivity index (χ0n) is 19.4. The number of nitrogens with one attached hydrogen (secondary N) is 1. The van der Waals surface area contributed by atoms with Gasteiger partial charge < -0.3 is 29.9 Å². The number of carbonyl (C=O) groups excluding carboxylic acids is 1. The van der Waals surface area contributed by atoms with Gasteiger partial charge in [0.1, 0.15) is 11.5 Å². The molecule has 35 heavy (non-hydrogen) atoms. The Bertz CT molecular complexity index is 1000. The molecule has 12 heteroatoms. The number of nitro benzene ring substituents is 1. The molecule has 2 aromatic carbocycles. The molecule has 0 heterocycles. The van der Waals surface area contributed by atoms with E-state index in [-0.39, 0.29) is 11.7 Å². The molecule has 188 valence electrons. The Morgan fingerprint density at radius 1 is 1.00 bits per heavy atom. The average molecular weight is 489 g/mol. The van der Waals surface area contributed by atoms with Crippen molar-refractivity contribution in [2.45, 2.75) is 12.5 Å². The minimum Gasteiger partial charge on any atom is -0.494 e. The number of rotatable bonds is 10. The molecule has 0 aromatic heterocycles. The lowest BCUT2D eigenvalue weighted by molar-refractivity contribution is -0.384. The number of hydrogen-bond acceptors (Lipinski definition) is 8. The van der Waals surface area contributed by atoms with Crippen LogP contribution in [0.3, 0.4) is 0 Å². The third kappa shape index (κ3) is 11.3. The second-order valence-corrected chi connectivity index (χ2v) is 7.07. The maximum Gasteiger partial charge on any atom is 0.414 e. The number of benzene rings is 2. The standard InChI is InChI=1S/C19H23N3O5.C4H4O4/c1-20-18(12-13-26-16-10-6-15(7-11-16)22(24)25)14-4-8-17(9-5-14)27-19(23)21(2)3;5-3(6)1-2-4(7)8/h4-11,18,20H,12-13H2,1-3H3;1-2H,(H,5,6)(H,7,8)/b;2-1+/t18-;/m0./s1. The summed E-state index contributed by atoms with van der Waals surface area (Å²) in [4.78, 5) is 42.2. The molecule has 0 unspecified atom stereocenters. The molecule has 0 bridgehead atoms. The van der Waals surface area contributed by atoms with E-state index in [9.17, 15) is 24.5 Å². The van der Waals surface area contributed by atoms with Crippen molar-refractivity contribution in [1.82, 2.24) is 10.2 Å². The molecule has 0 aliphatic rings. The minimum atomic E-state index is -1.26. The number of amides is 1. The summed E-state index contributed by atoms with van der Waals surface area (Å²) in [5, 5.41) is 29.5. The summed E-state index contributed by atoms with van der Waals surface area (Å²) in [5.41, 5.74) is 1.07. The molecule has 0 aliphatic carbocycles. The monoisotopic (exact) mass is 489 g/mol. The van der Waals surface area contributed by atoms with Crippen LogP contribution in [0.25, 0.3) is 0 Å². The summed E-state index contributed by atoms with van der Waals surface area (Å²) in [5.74, 6) is -1.45. The van der Waals surface area contributed by atoms with Crippen molar-refractivity contribution in [3.8, 4) is 11.5 Å². The van der Waals surface area contributed by atoms with Gasteiger partial charge in [0, 0.05) is 50.8 Å². The van der Waals surface area contributed by atoms with Crippen LogP contribution in [0.5, 0.6) is 11.5 Å². The molecule has 0 fully saturated rings. The van der Waals surface area contributed by atoms with E-state index in [0.29, 0.717) is 36.7 Å². The van der Waals surface area contributed by atoms with Crippen molar-refractivity contribution in [3.05, 3.63) is 76.4 Å². The molecule has 1 atom stereocenters. The van der Waals surface area contributed by atoms with E-state index in [1.54, 1.807) is 38.4 Å². The van der Waals surface area contributed by atoms with Gasteiger partial charge in [-0.05, 0) is 36.9 Å². The molecule has 12 nitrogen and oxygen atoms in total. The summed E-state index contributed by atoms with van der Waals surface area (Å²) in [6, 6.07) is 13.3. The molecule has 3 N–H and O–H groups in total. The molecule has 0 saturated carbocycles. The van der Waals surface area contributed by atoms with Crippen LogP contribution in [-0.2, 0) is 9.59 Å². The normalized spacial score (nSPS) is 11.1. The van der Waals surface area contributed by atoms with Gasteiger partial charge in [-0.3, -0.25) is 10.1 Å². The maximum absolute atomic E-state index is 11.6. The number of carboxylic acids is 2. The fraction of sp³-hybridized carbons (Fsp3) is 0.261. The third-order valence-corrected chi connectivity index (χ3v) is 4.29. The van der Waals surface area contributed by atoms with Gasteiger partial charge >= 0.3 is 18.0 Å². The van der Waals surface area contributed by atoms with Gasteiger partial charge in [-0.25, -0.2) is 14.4 Å². The van der Waals surface area contributed by atoms with Crippen LogP contribution < -0.4 is 14.8 Å². The first-order valence-electron chi connectivity index (χ1n) is 10.2. The molecule has 2 rings (SSSR count). The van der Waals surface area contributed by atoms with Crippen LogP contribution in [0.4, 0.5) is 10.5 Å². The topological polar surface area (TPSA) is 169 Å². The van der Waals surface area contributed by atoms with Crippen LogP contribution in [0.1, 0.15) is 18.0 Å². The number of nitro groups is 1. The molecule has 2 aromatic rings. The number of non-ortho nitro benzene ring substituents is 1. The van der Waals surface area contributed by atoms with Crippen LogP contribution in [0.15, 0.2) is 60.7 Å². The zero-order valence-corrected chi connectivity index (χ0v) is 19.4. The maximum atomic E-state index is 11.6. The Kier molecular flexibility index (Phi) is 12.0. The largest absolute Gasteiger partial charge is 0.494 e. The van der Waals surface area contributed by atoms with Crippen molar-refractivity contribution >= 4 is 23.7 Å². The van der Waals surface area contributed by atoms with Gasteiger partial charge in [0.2, 0.25) is 0 Å². The van der Waals surface area contributed by atoms with E-state index in [1.807, 2.05) is 19.2 Å².